The number of amides is 2. The van der Waals surface area contributed by atoms with Gasteiger partial charge in [-0.25, -0.2) is 4.79 Å². The van der Waals surface area contributed by atoms with Crippen molar-refractivity contribution in [2.75, 3.05) is 26.8 Å². The summed E-state index contributed by atoms with van der Waals surface area (Å²) >= 11 is 0. The predicted octanol–water partition coefficient (Wildman–Crippen LogP) is 4.79. The van der Waals surface area contributed by atoms with Crippen molar-refractivity contribution in [2.24, 2.45) is 0 Å². The molecule has 0 saturated carbocycles. The molecule has 0 aliphatic rings. The van der Waals surface area contributed by atoms with Gasteiger partial charge in [-0.15, -0.1) is 0 Å². The van der Waals surface area contributed by atoms with E-state index in [0.717, 1.165) is 24.0 Å². The Bertz CT molecular complexity index is 756. The van der Waals surface area contributed by atoms with Gasteiger partial charge in [0, 0.05) is 26.7 Å². The van der Waals surface area contributed by atoms with Crippen molar-refractivity contribution in [3.63, 3.8) is 0 Å². The molecule has 0 saturated heterocycles. The van der Waals surface area contributed by atoms with Gasteiger partial charge in [0.2, 0.25) is 0 Å². The summed E-state index contributed by atoms with van der Waals surface area (Å²) in [4.78, 5) is 14.6. The number of hydrogen-bond acceptors (Lipinski definition) is 3. The van der Waals surface area contributed by atoms with Crippen LogP contribution in [0.3, 0.4) is 0 Å². The number of urea groups is 1. The van der Waals surface area contributed by atoms with Crippen LogP contribution in [0.5, 0.6) is 0 Å². The summed E-state index contributed by atoms with van der Waals surface area (Å²) in [6.07, 6.45) is 1.87. The summed E-state index contributed by atoms with van der Waals surface area (Å²) in [6, 6.07) is 18.5. The van der Waals surface area contributed by atoms with Crippen LogP contribution in [-0.4, -0.2) is 43.3 Å². The zero-order valence-corrected chi connectivity index (χ0v) is 18.8. The first-order valence-corrected chi connectivity index (χ1v) is 10.6. The third-order valence-electron chi connectivity index (χ3n) is 4.70. The third-order valence-corrected chi connectivity index (χ3v) is 4.70. The minimum Gasteiger partial charge on any atom is -0.383 e. The molecule has 0 bridgehead atoms. The lowest BCUT2D eigenvalue weighted by Crippen LogP contribution is -2.42. The van der Waals surface area contributed by atoms with Crippen molar-refractivity contribution in [3.8, 4) is 0 Å². The van der Waals surface area contributed by atoms with Gasteiger partial charge in [0.25, 0.3) is 0 Å². The molecule has 0 aromatic heterocycles. The van der Waals surface area contributed by atoms with Crippen LogP contribution in [-0.2, 0) is 29.0 Å². The van der Waals surface area contributed by atoms with Gasteiger partial charge in [-0.2, -0.15) is 0 Å². The normalized spacial score (nSPS) is 11.3. The minimum absolute atomic E-state index is 0.0588. The van der Waals surface area contributed by atoms with E-state index >= 15 is 0 Å². The summed E-state index contributed by atoms with van der Waals surface area (Å²) < 4.78 is 11.0. The summed E-state index contributed by atoms with van der Waals surface area (Å²) in [6.45, 7) is 8.99. The van der Waals surface area contributed by atoms with E-state index in [1.165, 1.54) is 5.56 Å². The first kappa shape index (κ1) is 23.9. The second-order valence-electron chi connectivity index (χ2n) is 8.45. The highest BCUT2D eigenvalue weighted by atomic mass is 16.5. The molecule has 30 heavy (non-hydrogen) atoms. The standard InChI is InChI=1S/C25H36N2O3/c1-25(2,3)30-20-23-13-8-12-22(18-23)19-26-24(28)27(16-17-29-4)15-9-14-21-10-6-5-7-11-21/h5-8,10-13,18H,9,14-17,19-20H2,1-4H3,(H,26,28). The van der Waals surface area contributed by atoms with E-state index in [1.54, 1.807) is 7.11 Å². The average Bonchev–Trinajstić information content (AvgIpc) is 2.73. The van der Waals surface area contributed by atoms with Gasteiger partial charge in [-0.3, -0.25) is 0 Å². The number of methoxy groups -OCH3 is 1. The fourth-order valence-corrected chi connectivity index (χ4v) is 3.05. The third kappa shape index (κ3) is 9.42. The number of carbonyl (C=O) groups excluding carboxylic acids is 1. The van der Waals surface area contributed by atoms with Gasteiger partial charge in [-0.1, -0.05) is 54.6 Å². The SMILES string of the molecule is COCCN(CCCc1ccccc1)C(=O)NCc1cccc(COC(C)(C)C)c1. The predicted molar refractivity (Wildman–Crippen MR) is 121 cm³/mol. The monoisotopic (exact) mass is 412 g/mol. The zero-order chi connectivity index (χ0) is 21.8. The molecule has 5 nitrogen and oxygen atoms in total. The van der Waals surface area contributed by atoms with Crippen LogP contribution in [0.2, 0.25) is 0 Å². The summed E-state index contributed by atoms with van der Waals surface area (Å²) in [5, 5.41) is 3.05. The highest BCUT2D eigenvalue weighted by Crippen LogP contribution is 2.13. The van der Waals surface area contributed by atoms with Gasteiger partial charge in [0.15, 0.2) is 0 Å². The van der Waals surface area contributed by atoms with E-state index in [4.69, 9.17) is 9.47 Å². The second kappa shape index (κ2) is 12.4. The Kier molecular flexibility index (Phi) is 9.84. The highest BCUT2D eigenvalue weighted by molar-refractivity contribution is 5.74. The fourth-order valence-electron chi connectivity index (χ4n) is 3.05. The van der Waals surface area contributed by atoms with Crippen molar-refractivity contribution in [2.45, 2.75) is 52.4 Å². The van der Waals surface area contributed by atoms with Crippen molar-refractivity contribution in [1.29, 1.82) is 0 Å². The number of hydrogen-bond donors (Lipinski definition) is 1. The maximum absolute atomic E-state index is 12.7. The highest BCUT2D eigenvalue weighted by Gasteiger charge is 2.13. The zero-order valence-electron chi connectivity index (χ0n) is 18.8. The molecular weight excluding hydrogens is 376 g/mol. The van der Waals surface area contributed by atoms with Crippen LogP contribution in [0.15, 0.2) is 54.6 Å². The number of carbonyl (C=O) groups is 1. The maximum Gasteiger partial charge on any atom is 0.317 e. The average molecular weight is 413 g/mol. The summed E-state index contributed by atoms with van der Waals surface area (Å²) in [5.41, 5.74) is 3.29. The lowest BCUT2D eigenvalue weighted by Gasteiger charge is -2.23. The van der Waals surface area contributed by atoms with Gasteiger partial charge in [0.05, 0.1) is 18.8 Å². The Morgan fingerprint density at radius 3 is 2.37 bits per heavy atom. The van der Waals surface area contributed by atoms with Crippen molar-refractivity contribution in [1.82, 2.24) is 10.2 Å². The Labute approximate surface area is 181 Å². The van der Waals surface area contributed by atoms with Crippen LogP contribution in [0.25, 0.3) is 0 Å². The number of aryl methyl sites for hydroxylation is 1. The summed E-state index contributed by atoms with van der Waals surface area (Å²) in [7, 11) is 1.66. The summed E-state index contributed by atoms with van der Waals surface area (Å²) in [5.74, 6) is 0. The molecule has 164 valence electrons. The number of rotatable bonds is 11. The molecule has 2 amide bonds. The fraction of sp³-hybridized carbons (Fsp3) is 0.480. The maximum atomic E-state index is 12.7. The van der Waals surface area contributed by atoms with Crippen LogP contribution >= 0.6 is 0 Å². The van der Waals surface area contributed by atoms with Gasteiger partial charge >= 0.3 is 6.03 Å². The smallest absolute Gasteiger partial charge is 0.317 e. The molecular formula is C25H36N2O3. The molecule has 0 unspecified atom stereocenters. The number of nitrogens with zero attached hydrogens (tertiary/aromatic N) is 1. The Balaban J connectivity index is 1.85. The quantitative estimate of drug-likeness (QED) is 0.577. The lowest BCUT2D eigenvalue weighted by molar-refractivity contribution is -0.0149. The topological polar surface area (TPSA) is 50.8 Å². The van der Waals surface area contributed by atoms with Gasteiger partial charge < -0.3 is 19.7 Å². The largest absolute Gasteiger partial charge is 0.383 e. The second-order valence-corrected chi connectivity index (χ2v) is 8.45. The molecule has 5 heteroatoms. The van der Waals surface area contributed by atoms with E-state index in [0.29, 0.717) is 32.8 Å². The lowest BCUT2D eigenvalue weighted by atomic mass is 10.1. The molecule has 2 aromatic rings. The Hall–Kier alpha value is -2.37. The van der Waals surface area contributed by atoms with Crippen LogP contribution < -0.4 is 5.32 Å². The van der Waals surface area contributed by atoms with E-state index < -0.39 is 0 Å². The molecule has 0 fully saturated rings. The Morgan fingerprint density at radius 2 is 1.67 bits per heavy atom. The van der Waals surface area contributed by atoms with Gasteiger partial charge in [-0.05, 0) is 50.3 Å². The van der Waals surface area contributed by atoms with E-state index in [2.05, 4.69) is 23.5 Å². The van der Waals surface area contributed by atoms with Crippen molar-refractivity contribution in [3.05, 3.63) is 71.3 Å². The van der Waals surface area contributed by atoms with Crippen LogP contribution in [0, 0.1) is 0 Å². The molecule has 0 aliphatic heterocycles. The molecule has 2 aromatic carbocycles. The minimum atomic E-state index is -0.175. The molecule has 0 aliphatic carbocycles. The first-order valence-electron chi connectivity index (χ1n) is 10.6. The van der Waals surface area contributed by atoms with Crippen LogP contribution in [0.1, 0.15) is 43.9 Å². The molecule has 0 radical (unpaired) electrons. The Morgan fingerprint density at radius 1 is 0.967 bits per heavy atom. The van der Waals surface area contributed by atoms with Crippen molar-refractivity contribution < 1.29 is 14.3 Å². The molecule has 0 atom stereocenters. The molecule has 1 N–H and O–H groups in total. The number of benzene rings is 2. The van der Waals surface area contributed by atoms with Crippen LogP contribution in [0.4, 0.5) is 4.79 Å². The molecule has 0 heterocycles. The number of nitrogens with one attached hydrogen (secondary N) is 1. The van der Waals surface area contributed by atoms with Gasteiger partial charge in [0.1, 0.15) is 0 Å². The van der Waals surface area contributed by atoms with E-state index in [-0.39, 0.29) is 11.6 Å². The first-order chi connectivity index (χ1) is 14.4. The number of ether oxygens (including phenoxy) is 2. The van der Waals surface area contributed by atoms with E-state index in [9.17, 15) is 4.79 Å². The molecule has 0 spiro atoms. The van der Waals surface area contributed by atoms with E-state index in [1.807, 2.05) is 62.1 Å². The molecule has 2 rings (SSSR count). The van der Waals surface area contributed by atoms with Crippen molar-refractivity contribution >= 4 is 6.03 Å².